The molecule has 0 radical (unpaired) electrons. The first-order valence-electron chi connectivity index (χ1n) is 5.12. The van der Waals surface area contributed by atoms with Gasteiger partial charge in [-0.2, -0.15) is 0 Å². The van der Waals surface area contributed by atoms with Crippen molar-refractivity contribution in [2.24, 2.45) is 0 Å². The molecule has 0 fully saturated rings. The number of halogens is 2. The summed E-state index contributed by atoms with van der Waals surface area (Å²) in [4.78, 5) is 4.47. The molecule has 0 aliphatic carbocycles. The van der Waals surface area contributed by atoms with Gasteiger partial charge in [0.2, 0.25) is 0 Å². The van der Waals surface area contributed by atoms with Crippen LogP contribution in [0.2, 0.25) is 5.02 Å². The fourth-order valence-corrected chi connectivity index (χ4v) is 2.57. The molecule has 16 heavy (non-hydrogen) atoms. The second kappa shape index (κ2) is 4.60. The molecule has 2 aromatic rings. The van der Waals surface area contributed by atoms with E-state index in [1.54, 1.807) is 0 Å². The van der Waals surface area contributed by atoms with Crippen LogP contribution >= 0.6 is 27.5 Å². The highest BCUT2D eigenvalue weighted by Crippen LogP contribution is 2.31. The molecule has 1 aromatic carbocycles. The molecule has 0 unspecified atom stereocenters. The number of anilines is 1. The second-order valence-electron chi connectivity index (χ2n) is 3.63. The molecule has 0 aliphatic rings. The Morgan fingerprint density at radius 3 is 2.81 bits per heavy atom. The molecule has 0 spiro atoms. The van der Waals surface area contributed by atoms with Gasteiger partial charge in [-0.25, -0.2) is 0 Å². The average molecular weight is 300 g/mol. The van der Waals surface area contributed by atoms with Crippen molar-refractivity contribution in [2.45, 2.75) is 13.8 Å². The van der Waals surface area contributed by atoms with E-state index in [4.69, 9.17) is 11.6 Å². The summed E-state index contributed by atoms with van der Waals surface area (Å²) in [7, 11) is 0. The molecule has 0 aliphatic heterocycles. The van der Waals surface area contributed by atoms with Gasteiger partial charge in [-0.3, -0.25) is 4.98 Å². The van der Waals surface area contributed by atoms with Crippen molar-refractivity contribution < 1.29 is 0 Å². The third-order valence-corrected chi connectivity index (χ3v) is 3.07. The Balaban J connectivity index is 2.78. The Morgan fingerprint density at radius 1 is 1.38 bits per heavy atom. The van der Waals surface area contributed by atoms with Crippen LogP contribution in [0.5, 0.6) is 0 Å². The monoisotopic (exact) mass is 298 g/mol. The van der Waals surface area contributed by atoms with E-state index < -0.39 is 0 Å². The molecular weight excluding hydrogens is 288 g/mol. The van der Waals surface area contributed by atoms with Crippen LogP contribution in [0.4, 0.5) is 5.69 Å². The van der Waals surface area contributed by atoms with E-state index in [2.05, 4.69) is 33.2 Å². The van der Waals surface area contributed by atoms with Crippen molar-refractivity contribution in [1.82, 2.24) is 4.98 Å². The van der Waals surface area contributed by atoms with Crippen LogP contribution in [0, 0.1) is 6.92 Å². The Morgan fingerprint density at radius 2 is 2.12 bits per heavy atom. The van der Waals surface area contributed by atoms with Crippen LogP contribution in [0.15, 0.2) is 22.7 Å². The molecular formula is C12H12BrClN2. The van der Waals surface area contributed by atoms with E-state index in [1.807, 2.05) is 25.1 Å². The predicted octanol–water partition coefficient (Wildman–Crippen LogP) is 4.39. The van der Waals surface area contributed by atoms with Crippen molar-refractivity contribution in [1.29, 1.82) is 0 Å². The zero-order valence-corrected chi connectivity index (χ0v) is 11.5. The summed E-state index contributed by atoms with van der Waals surface area (Å²) >= 11 is 9.63. The SMILES string of the molecule is CCNc1cc(C)nc2c(Cl)cc(Br)cc12. The standard InChI is InChI=1S/C12H12BrClN2/c1-3-15-11-4-7(2)16-12-9(11)5-8(13)6-10(12)14/h4-6H,3H2,1-2H3,(H,15,16). The number of hydrogen-bond acceptors (Lipinski definition) is 2. The highest BCUT2D eigenvalue weighted by molar-refractivity contribution is 9.10. The van der Waals surface area contributed by atoms with Gasteiger partial charge in [0.05, 0.1) is 10.5 Å². The minimum atomic E-state index is 0.673. The lowest BCUT2D eigenvalue weighted by atomic mass is 10.1. The van der Waals surface area contributed by atoms with Crippen molar-refractivity contribution in [3.63, 3.8) is 0 Å². The molecule has 0 bridgehead atoms. The maximum atomic E-state index is 6.19. The van der Waals surface area contributed by atoms with Gasteiger partial charge in [0.25, 0.3) is 0 Å². The molecule has 1 heterocycles. The quantitative estimate of drug-likeness (QED) is 0.889. The first-order valence-corrected chi connectivity index (χ1v) is 6.29. The van der Waals surface area contributed by atoms with Crippen molar-refractivity contribution in [3.05, 3.63) is 33.4 Å². The average Bonchev–Trinajstić information content (AvgIpc) is 2.20. The molecule has 0 saturated carbocycles. The van der Waals surface area contributed by atoms with Crippen LogP contribution < -0.4 is 5.32 Å². The van der Waals surface area contributed by atoms with Crippen LogP contribution in [0.3, 0.4) is 0 Å². The molecule has 0 saturated heterocycles. The summed E-state index contributed by atoms with van der Waals surface area (Å²) < 4.78 is 0.967. The third-order valence-electron chi connectivity index (χ3n) is 2.33. The Bertz CT molecular complexity index is 540. The number of benzene rings is 1. The zero-order chi connectivity index (χ0) is 11.7. The fourth-order valence-electron chi connectivity index (χ4n) is 1.72. The molecule has 0 atom stereocenters. The van der Waals surface area contributed by atoms with E-state index in [9.17, 15) is 0 Å². The van der Waals surface area contributed by atoms with Gasteiger partial charge in [-0.15, -0.1) is 0 Å². The zero-order valence-electron chi connectivity index (χ0n) is 9.14. The lowest BCUT2D eigenvalue weighted by Gasteiger charge is -2.10. The summed E-state index contributed by atoms with van der Waals surface area (Å²) in [6.07, 6.45) is 0. The maximum Gasteiger partial charge on any atom is 0.0912 e. The van der Waals surface area contributed by atoms with Crippen molar-refractivity contribution in [3.8, 4) is 0 Å². The lowest BCUT2D eigenvalue weighted by Crippen LogP contribution is -1.99. The summed E-state index contributed by atoms with van der Waals surface area (Å²) in [6.45, 7) is 4.92. The fraction of sp³-hybridized carbons (Fsp3) is 0.250. The predicted molar refractivity (Wildman–Crippen MR) is 73.4 cm³/mol. The number of nitrogens with zero attached hydrogens (tertiary/aromatic N) is 1. The van der Waals surface area contributed by atoms with Gasteiger partial charge < -0.3 is 5.32 Å². The van der Waals surface area contributed by atoms with Gasteiger partial charge >= 0.3 is 0 Å². The van der Waals surface area contributed by atoms with Crippen LogP contribution in [0.1, 0.15) is 12.6 Å². The Labute approximate surface area is 108 Å². The van der Waals surface area contributed by atoms with Gasteiger partial charge in [0.1, 0.15) is 0 Å². The van der Waals surface area contributed by atoms with Crippen LogP contribution in [-0.2, 0) is 0 Å². The molecule has 1 aromatic heterocycles. The van der Waals surface area contributed by atoms with E-state index in [-0.39, 0.29) is 0 Å². The van der Waals surface area contributed by atoms with Crippen molar-refractivity contribution >= 4 is 44.1 Å². The van der Waals surface area contributed by atoms with Gasteiger partial charge in [-0.1, -0.05) is 27.5 Å². The number of rotatable bonds is 2. The van der Waals surface area contributed by atoms with Gasteiger partial charge in [-0.05, 0) is 32.0 Å². The Hall–Kier alpha value is -0.800. The van der Waals surface area contributed by atoms with Crippen molar-refractivity contribution in [2.75, 3.05) is 11.9 Å². The van der Waals surface area contributed by atoms with Gasteiger partial charge in [0, 0.05) is 27.8 Å². The number of nitrogens with one attached hydrogen (secondary N) is 1. The highest BCUT2D eigenvalue weighted by atomic mass is 79.9. The van der Waals surface area contributed by atoms with E-state index in [1.165, 1.54) is 0 Å². The molecule has 4 heteroatoms. The number of aryl methyl sites for hydroxylation is 1. The van der Waals surface area contributed by atoms with E-state index in [0.717, 1.165) is 33.3 Å². The molecule has 1 N–H and O–H groups in total. The highest BCUT2D eigenvalue weighted by Gasteiger charge is 2.08. The normalized spacial score (nSPS) is 10.8. The van der Waals surface area contributed by atoms with E-state index >= 15 is 0 Å². The smallest absolute Gasteiger partial charge is 0.0912 e. The second-order valence-corrected chi connectivity index (χ2v) is 4.95. The number of hydrogen-bond donors (Lipinski definition) is 1. The summed E-state index contributed by atoms with van der Waals surface area (Å²) in [5, 5.41) is 5.05. The molecule has 2 nitrogen and oxygen atoms in total. The number of pyridine rings is 1. The molecule has 2 rings (SSSR count). The topological polar surface area (TPSA) is 24.9 Å². The maximum absolute atomic E-state index is 6.19. The van der Waals surface area contributed by atoms with Crippen LogP contribution in [-0.4, -0.2) is 11.5 Å². The Kier molecular flexibility index (Phi) is 3.36. The first kappa shape index (κ1) is 11.7. The number of aromatic nitrogens is 1. The van der Waals surface area contributed by atoms with E-state index in [0.29, 0.717) is 5.02 Å². The lowest BCUT2D eigenvalue weighted by molar-refractivity contribution is 1.19. The minimum absolute atomic E-state index is 0.673. The summed E-state index contributed by atoms with van der Waals surface area (Å²) in [5.74, 6) is 0. The number of fused-ring (bicyclic) bond motifs is 1. The molecule has 84 valence electrons. The molecule has 0 amide bonds. The summed E-state index contributed by atoms with van der Waals surface area (Å²) in [5.41, 5.74) is 2.89. The van der Waals surface area contributed by atoms with Gasteiger partial charge in [0.15, 0.2) is 0 Å². The largest absolute Gasteiger partial charge is 0.385 e. The third kappa shape index (κ3) is 2.15. The van der Waals surface area contributed by atoms with Crippen LogP contribution in [0.25, 0.3) is 10.9 Å². The minimum Gasteiger partial charge on any atom is -0.385 e. The summed E-state index contributed by atoms with van der Waals surface area (Å²) in [6, 6.07) is 5.94. The first-order chi connectivity index (χ1) is 7.61.